The topological polar surface area (TPSA) is 47.7 Å². The molecule has 0 aromatic heterocycles. The third kappa shape index (κ3) is 9.34. The van der Waals surface area contributed by atoms with E-state index < -0.39 is 0 Å². The lowest BCUT2D eigenvalue weighted by atomic mass is 9.55. The van der Waals surface area contributed by atoms with Crippen LogP contribution in [0.5, 0.6) is 0 Å². The van der Waals surface area contributed by atoms with Gasteiger partial charge < -0.3 is 10.8 Å². The molecule has 5 aliphatic rings. The average molecular weight is 615 g/mol. The second kappa shape index (κ2) is 18.2. The zero-order valence-electron chi connectivity index (χ0n) is 29.4. The van der Waals surface area contributed by atoms with E-state index in [-0.39, 0.29) is 0 Å². The van der Waals surface area contributed by atoms with Gasteiger partial charge in [-0.05, 0) is 200 Å². The van der Waals surface area contributed by atoms with E-state index in [0.717, 1.165) is 59.7 Å². The van der Waals surface area contributed by atoms with Gasteiger partial charge in [0.25, 0.3) is 0 Å². The van der Waals surface area contributed by atoms with Crippen molar-refractivity contribution < 1.29 is 0 Å². The molecule has 45 heavy (non-hydrogen) atoms. The monoisotopic (exact) mass is 615 g/mol. The first-order valence-corrected chi connectivity index (χ1v) is 20.1. The van der Waals surface area contributed by atoms with Crippen molar-refractivity contribution >= 4 is 12.4 Å². The van der Waals surface area contributed by atoms with Gasteiger partial charge in [0.1, 0.15) is 0 Å². The molecule has 0 spiro atoms. The van der Waals surface area contributed by atoms with Crippen LogP contribution in [-0.4, -0.2) is 12.4 Å². The average Bonchev–Trinajstić information content (AvgIpc) is 3.09. The fraction of sp³-hybridized carbons (Fsp3) is 0.814. The van der Waals surface area contributed by atoms with Crippen molar-refractivity contribution in [1.29, 1.82) is 10.8 Å². The maximum atomic E-state index is 8.38. The number of fused-ring (bicyclic) bond motifs is 1. The fourth-order valence-corrected chi connectivity index (χ4v) is 11.4. The van der Waals surface area contributed by atoms with Crippen molar-refractivity contribution in [2.75, 3.05) is 0 Å². The summed E-state index contributed by atoms with van der Waals surface area (Å²) < 4.78 is 0. The second-order valence-corrected chi connectivity index (χ2v) is 16.5. The smallest absolute Gasteiger partial charge is 0.00139 e. The van der Waals surface area contributed by atoms with E-state index in [1.54, 1.807) is 11.8 Å². The van der Waals surface area contributed by atoms with E-state index in [1.807, 2.05) is 6.21 Å². The van der Waals surface area contributed by atoms with Crippen LogP contribution in [0.25, 0.3) is 0 Å². The molecule has 7 unspecified atom stereocenters. The van der Waals surface area contributed by atoms with Crippen LogP contribution in [0.2, 0.25) is 0 Å². The molecular weight excluding hydrogens is 544 g/mol. The number of hydrogen-bond acceptors (Lipinski definition) is 2. The molecule has 252 valence electrons. The van der Waals surface area contributed by atoms with E-state index in [9.17, 15) is 0 Å². The summed E-state index contributed by atoms with van der Waals surface area (Å²) in [6, 6.07) is 0. The van der Waals surface area contributed by atoms with Gasteiger partial charge in [0.15, 0.2) is 0 Å². The first-order valence-electron chi connectivity index (χ1n) is 20.1. The van der Waals surface area contributed by atoms with Gasteiger partial charge in [-0.3, -0.25) is 0 Å². The van der Waals surface area contributed by atoms with Crippen molar-refractivity contribution in [3.63, 3.8) is 0 Å². The normalized spacial score (nSPS) is 38.0. The highest BCUT2D eigenvalue weighted by Crippen LogP contribution is 2.53. The fourth-order valence-electron chi connectivity index (χ4n) is 11.4. The standard InChI is InChI=1S/C43H70N2/c1-3-4-13-37-30-38(18-17-32(37)2)35-21-19-33(20-22-35)34-23-25-36(26-24-34)40-27-28-41(43-16-11-10-15-42(40)43)39(31-45)14-9-7-5-6-8-12-29-44/h4,10,13,15,17,29,31,33-45H,3,5-9,11-12,14,16,18-28,30H2,1-2H3/b13-4-,44-29?,45-31?. The largest absolute Gasteiger partial charge is 0.313 e. The summed E-state index contributed by atoms with van der Waals surface area (Å²) in [6.07, 6.45) is 46.1. The Kier molecular flexibility index (Phi) is 14.1. The van der Waals surface area contributed by atoms with E-state index >= 15 is 0 Å². The quantitative estimate of drug-likeness (QED) is 0.105. The van der Waals surface area contributed by atoms with Crippen molar-refractivity contribution in [3.05, 3.63) is 36.0 Å². The second-order valence-electron chi connectivity index (χ2n) is 16.5. The molecule has 3 fully saturated rings. The van der Waals surface area contributed by atoms with Gasteiger partial charge in [0, 0.05) is 0 Å². The Balaban J connectivity index is 1.06. The lowest BCUT2D eigenvalue weighted by molar-refractivity contribution is 0.0280. The van der Waals surface area contributed by atoms with Crippen molar-refractivity contribution in [2.45, 2.75) is 155 Å². The van der Waals surface area contributed by atoms with Crippen LogP contribution in [0.3, 0.4) is 0 Å². The van der Waals surface area contributed by atoms with Crippen LogP contribution in [0, 0.1) is 75.9 Å². The summed E-state index contributed by atoms with van der Waals surface area (Å²) in [7, 11) is 0. The summed E-state index contributed by atoms with van der Waals surface area (Å²) in [6.45, 7) is 4.63. The number of nitrogens with one attached hydrogen (secondary N) is 2. The van der Waals surface area contributed by atoms with E-state index in [1.165, 1.54) is 135 Å². The summed E-state index contributed by atoms with van der Waals surface area (Å²) >= 11 is 0. The number of hydrogen-bond donors (Lipinski definition) is 2. The van der Waals surface area contributed by atoms with Gasteiger partial charge in [0.2, 0.25) is 0 Å². The van der Waals surface area contributed by atoms with Crippen molar-refractivity contribution in [1.82, 2.24) is 0 Å². The van der Waals surface area contributed by atoms with Crippen LogP contribution >= 0.6 is 0 Å². The van der Waals surface area contributed by atoms with Gasteiger partial charge in [-0.15, -0.1) is 0 Å². The Hall–Kier alpha value is -1.44. The van der Waals surface area contributed by atoms with Gasteiger partial charge >= 0.3 is 0 Å². The van der Waals surface area contributed by atoms with Crippen LogP contribution in [-0.2, 0) is 0 Å². The molecule has 0 radical (unpaired) electrons. The summed E-state index contributed by atoms with van der Waals surface area (Å²) in [5, 5.41) is 15.6. The Morgan fingerprint density at radius 2 is 1.42 bits per heavy atom. The minimum absolute atomic E-state index is 0.504. The van der Waals surface area contributed by atoms with Gasteiger partial charge in [-0.2, -0.15) is 0 Å². The number of rotatable bonds is 15. The molecule has 2 nitrogen and oxygen atoms in total. The van der Waals surface area contributed by atoms with Crippen molar-refractivity contribution in [2.24, 2.45) is 65.1 Å². The van der Waals surface area contributed by atoms with Crippen LogP contribution in [0.15, 0.2) is 36.0 Å². The lowest BCUT2D eigenvalue weighted by Gasteiger charge is -2.50. The molecule has 2 heteroatoms. The molecular formula is C43H70N2. The zero-order chi connectivity index (χ0) is 31.4. The number of allylic oxidation sites excluding steroid dienone is 6. The van der Waals surface area contributed by atoms with E-state index in [0.29, 0.717) is 11.8 Å². The van der Waals surface area contributed by atoms with Gasteiger partial charge in [0.05, 0.1) is 0 Å². The van der Waals surface area contributed by atoms with E-state index in [4.69, 9.17) is 10.8 Å². The molecule has 0 bridgehead atoms. The third-order valence-corrected chi connectivity index (χ3v) is 14.1. The predicted molar refractivity (Wildman–Crippen MR) is 195 cm³/mol. The minimum Gasteiger partial charge on any atom is -0.313 e. The van der Waals surface area contributed by atoms with Gasteiger partial charge in [-0.25, -0.2) is 0 Å². The molecule has 0 amide bonds. The molecule has 3 saturated carbocycles. The van der Waals surface area contributed by atoms with Crippen molar-refractivity contribution in [3.8, 4) is 0 Å². The molecule has 7 atom stereocenters. The zero-order valence-corrected chi connectivity index (χ0v) is 29.4. The van der Waals surface area contributed by atoms with Crippen LogP contribution in [0.1, 0.15) is 155 Å². The molecule has 0 aliphatic heterocycles. The number of unbranched alkanes of at least 4 members (excludes halogenated alkanes) is 5. The molecule has 0 aromatic rings. The van der Waals surface area contributed by atoms with Crippen LogP contribution in [0.4, 0.5) is 0 Å². The molecule has 5 rings (SSSR count). The predicted octanol–water partition coefficient (Wildman–Crippen LogP) is 12.8. The highest BCUT2D eigenvalue weighted by Gasteiger charge is 2.45. The maximum absolute atomic E-state index is 8.38. The molecule has 5 aliphatic carbocycles. The molecule has 0 aromatic carbocycles. The third-order valence-electron chi connectivity index (χ3n) is 14.1. The highest BCUT2D eigenvalue weighted by molar-refractivity contribution is 5.57. The Morgan fingerprint density at radius 3 is 2.11 bits per heavy atom. The first-order chi connectivity index (χ1) is 22.1. The summed E-state index contributed by atoms with van der Waals surface area (Å²) in [4.78, 5) is 0. The molecule has 2 N–H and O–H groups in total. The van der Waals surface area contributed by atoms with Gasteiger partial charge in [-0.1, -0.05) is 68.6 Å². The molecule has 0 saturated heterocycles. The molecule has 0 heterocycles. The Bertz CT molecular complexity index is 974. The SMILES string of the molecule is CC/C=C\C1CC(C2CCC(C3CCC(C4CCC(C(C=N)CCCCCCCC=N)C5CCC=CC45)CC3)CC2)CC=C1C. The Labute approximate surface area is 278 Å². The minimum atomic E-state index is 0.504. The summed E-state index contributed by atoms with van der Waals surface area (Å²) in [5.41, 5.74) is 1.62. The Morgan fingerprint density at radius 1 is 0.756 bits per heavy atom. The van der Waals surface area contributed by atoms with E-state index in [2.05, 4.69) is 44.2 Å². The highest BCUT2D eigenvalue weighted by atomic mass is 14.5. The maximum Gasteiger partial charge on any atom is -0.00139 e. The lowest BCUT2D eigenvalue weighted by Crippen LogP contribution is -2.42. The summed E-state index contributed by atoms with van der Waals surface area (Å²) in [5.74, 6) is 9.39. The first kappa shape index (κ1) is 34.9. The van der Waals surface area contributed by atoms with Crippen LogP contribution < -0.4 is 0 Å².